The van der Waals surface area contributed by atoms with Gasteiger partial charge in [0.1, 0.15) is 5.82 Å². The average Bonchev–Trinajstić information content (AvgIpc) is 2.04. The molecule has 0 spiro atoms. The number of halogens is 1. The van der Waals surface area contributed by atoms with E-state index in [2.05, 4.69) is 23.7 Å². The summed E-state index contributed by atoms with van der Waals surface area (Å²) in [4.78, 5) is 6.63. The second-order valence-corrected chi connectivity index (χ2v) is 2.59. The first-order chi connectivity index (χ1) is 5.29. The molecule has 11 heavy (non-hydrogen) atoms. The van der Waals surface area contributed by atoms with Crippen molar-refractivity contribution in [2.24, 2.45) is 0 Å². The fourth-order valence-electron chi connectivity index (χ4n) is 1.12. The minimum absolute atomic E-state index is 0.772. The van der Waals surface area contributed by atoms with E-state index in [-0.39, 0.29) is 0 Å². The van der Waals surface area contributed by atoms with Crippen LogP contribution in [0.5, 0.6) is 0 Å². The van der Waals surface area contributed by atoms with Gasteiger partial charge in [-0.25, -0.2) is 4.98 Å². The van der Waals surface area contributed by atoms with E-state index in [1.54, 1.807) is 6.20 Å². The van der Waals surface area contributed by atoms with Crippen LogP contribution in [-0.4, -0.2) is 4.98 Å². The van der Waals surface area contributed by atoms with Crippen molar-refractivity contribution < 1.29 is 0 Å². The Hall–Kier alpha value is -0.760. The first-order valence-electron chi connectivity index (χ1n) is 3.60. The lowest BCUT2D eigenvalue weighted by molar-refractivity contribution is 1.08. The molecule has 3 heteroatoms. The van der Waals surface area contributed by atoms with Gasteiger partial charge in [-0.05, 0) is 30.5 Å². The summed E-state index contributed by atoms with van der Waals surface area (Å²) in [6, 6.07) is 1.98. The van der Waals surface area contributed by atoms with Crippen LogP contribution < -0.4 is 4.84 Å². The Morgan fingerprint density at radius 2 is 2.36 bits per heavy atom. The maximum absolute atomic E-state index is 5.47. The highest BCUT2D eigenvalue weighted by molar-refractivity contribution is 6.23. The summed E-state index contributed by atoms with van der Waals surface area (Å²) < 4.78 is 0. The zero-order chi connectivity index (χ0) is 8.27. The summed E-state index contributed by atoms with van der Waals surface area (Å²) in [6.45, 7) is 4.14. The summed E-state index contributed by atoms with van der Waals surface area (Å²) in [5.74, 6) is 0.772. The highest BCUT2D eigenvalue weighted by atomic mass is 35.5. The van der Waals surface area contributed by atoms with Crippen LogP contribution >= 0.6 is 11.8 Å². The largest absolute Gasteiger partial charge is 0.282 e. The number of aryl methyl sites for hydroxylation is 1. The standard InChI is InChI=1S/C8H11ClN2/c1-3-7-6(2)4-5-10-8(7)11-9/h4-5H,3H2,1-2H3,(H,10,11). The molecule has 0 amide bonds. The van der Waals surface area contributed by atoms with E-state index < -0.39 is 0 Å². The fourth-order valence-corrected chi connectivity index (χ4v) is 1.28. The molecule has 0 aliphatic rings. The molecule has 2 nitrogen and oxygen atoms in total. The van der Waals surface area contributed by atoms with Crippen LogP contribution in [0.15, 0.2) is 12.3 Å². The van der Waals surface area contributed by atoms with Crippen molar-refractivity contribution in [1.29, 1.82) is 0 Å². The predicted molar refractivity (Wildman–Crippen MR) is 47.8 cm³/mol. The normalized spacial score (nSPS) is 9.73. The smallest absolute Gasteiger partial charge is 0.143 e. The van der Waals surface area contributed by atoms with Gasteiger partial charge in [-0.3, -0.25) is 4.84 Å². The Kier molecular flexibility index (Phi) is 2.71. The Labute approximate surface area is 71.7 Å². The van der Waals surface area contributed by atoms with Gasteiger partial charge in [0.2, 0.25) is 0 Å². The zero-order valence-corrected chi connectivity index (χ0v) is 7.44. The van der Waals surface area contributed by atoms with Gasteiger partial charge in [-0.2, -0.15) is 0 Å². The molecule has 0 atom stereocenters. The maximum atomic E-state index is 5.47. The van der Waals surface area contributed by atoms with E-state index in [4.69, 9.17) is 11.8 Å². The van der Waals surface area contributed by atoms with Crippen molar-refractivity contribution in [1.82, 2.24) is 4.98 Å². The summed E-state index contributed by atoms with van der Waals surface area (Å²) in [5.41, 5.74) is 2.41. The molecule has 0 aliphatic heterocycles. The molecule has 1 aromatic heterocycles. The summed E-state index contributed by atoms with van der Waals surface area (Å²) in [7, 11) is 0. The van der Waals surface area contributed by atoms with Gasteiger partial charge in [0, 0.05) is 18.0 Å². The molecular formula is C8H11ClN2. The van der Waals surface area contributed by atoms with E-state index in [0.717, 1.165) is 12.2 Å². The van der Waals surface area contributed by atoms with Gasteiger partial charge in [0.15, 0.2) is 0 Å². The van der Waals surface area contributed by atoms with Gasteiger partial charge in [0.05, 0.1) is 0 Å². The van der Waals surface area contributed by atoms with Crippen LogP contribution in [0.3, 0.4) is 0 Å². The van der Waals surface area contributed by atoms with Gasteiger partial charge in [-0.15, -0.1) is 0 Å². The number of rotatable bonds is 2. The van der Waals surface area contributed by atoms with Crippen molar-refractivity contribution in [3.05, 3.63) is 23.4 Å². The lowest BCUT2D eigenvalue weighted by Crippen LogP contribution is -1.95. The third-order valence-corrected chi connectivity index (χ3v) is 1.91. The topological polar surface area (TPSA) is 24.9 Å². The van der Waals surface area contributed by atoms with E-state index in [1.165, 1.54) is 11.1 Å². The van der Waals surface area contributed by atoms with Crippen molar-refractivity contribution in [2.45, 2.75) is 20.3 Å². The average molecular weight is 171 g/mol. The van der Waals surface area contributed by atoms with E-state index in [1.807, 2.05) is 6.07 Å². The Balaban J connectivity index is 3.13. The number of hydrogen-bond acceptors (Lipinski definition) is 2. The van der Waals surface area contributed by atoms with Crippen LogP contribution in [0.25, 0.3) is 0 Å². The lowest BCUT2D eigenvalue weighted by Gasteiger charge is -2.06. The van der Waals surface area contributed by atoms with Crippen LogP contribution in [0.2, 0.25) is 0 Å². The highest BCUT2D eigenvalue weighted by Gasteiger charge is 2.02. The van der Waals surface area contributed by atoms with Crippen LogP contribution in [0.1, 0.15) is 18.1 Å². The van der Waals surface area contributed by atoms with Gasteiger partial charge in [0.25, 0.3) is 0 Å². The minimum atomic E-state index is 0.772. The van der Waals surface area contributed by atoms with Crippen LogP contribution in [-0.2, 0) is 6.42 Å². The Morgan fingerprint density at radius 3 is 2.82 bits per heavy atom. The molecule has 0 bridgehead atoms. The third kappa shape index (κ3) is 1.63. The molecule has 0 aromatic carbocycles. The fraction of sp³-hybridized carbons (Fsp3) is 0.375. The summed E-state index contributed by atoms with van der Waals surface area (Å²) in [6.07, 6.45) is 2.70. The van der Waals surface area contributed by atoms with Crippen molar-refractivity contribution in [3.8, 4) is 0 Å². The molecule has 0 unspecified atom stereocenters. The predicted octanol–water partition coefficient (Wildman–Crippen LogP) is 2.52. The molecule has 60 valence electrons. The lowest BCUT2D eigenvalue weighted by atomic mass is 10.1. The maximum Gasteiger partial charge on any atom is 0.143 e. The van der Waals surface area contributed by atoms with Gasteiger partial charge in [-0.1, -0.05) is 6.92 Å². The molecule has 0 radical (unpaired) electrons. The second-order valence-electron chi connectivity index (χ2n) is 2.40. The van der Waals surface area contributed by atoms with Crippen LogP contribution in [0.4, 0.5) is 5.82 Å². The molecule has 1 heterocycles. The number of nitrogens with zero attached hydrogens (tertiary/aromatic N) is 1. The third-order valence-electron chi connectivity index (χ3n) is 1.73. The number of pyridine rings is 1. The summed E-state index contributed by atoms with van der Waals surface area (Å²) >= 11 is 5.47. The van der Waals surface area contributed by atoms with E-state index >= 15 is 0 Å². The minimum Gasteiger partial charge on any atom is -0.282 e. The first kappa shape index (κ1) is 8.34. The first-order valence-corrected chi connectivity index (χ1v) is 3.98. The van der Waals surface area contributed by atoms with Crippen molar-refractivity contribution in [3.63, 3.8) is 0 Å². The Morgan fingerprint density at radius 1 is 1.64 bits per heavy atom. The number of hydrogen-bond donors (Lipinski definition) is 1. The molecule has 0 saturated carbocycles. The Bertz CT molecular complexity index is 248. The number of anilines is 1. The van der Waals surface area contributed by atoms with Crippen molar-refractivity contribution >= 4 is 17.6 Å². The van der Waals surface area contributed by atoms with Gasteiger partial charge < -0.3 is 0 Å². The molecule has 1 rings (SSSR count). The second kappa shape index (κ2) is 3.58. The molecule has 0 fully saturated rings. The SMILES string of the molecule is CCc1c(C)ccnc1NCl. The quantitative estimate of drug-likeness (QED) is 0.690. The molecule has 1 aromatic rings. The zero-order valence-electron chi connectivity index (χ0n) is 6.69. The number of nitrogens with one attached hydrogen (secondary N) is 1. The van der Waals surface area contributed by atoms with Crippen LogP contribution in [0, 0.1) is 6.92 Å². The summed E-state index contributed by atoms with van der Waals surface area (Å²) in [5, 5.41) is 0. The number of aromatic nitrogens is 1. The van der Waals surface area contributed by atoms with Gasteiger partial charge >= 0.3 is 0 Å². The molecule has 1 N–H and O–H groups in total. The monoisotopic (exact) mass is 170 g/mol. The molecular weight excluding hydrogens is 160 g/mol. The van der Waals surface area contributed by atoms with E-state index in [0.29, 0.717) is 0 Å². The highest BCUT2D eigenvalue weighted by Crippen LogP contribution is 2.17. The molecule has 0 saturated heterocycles. The van der Waals surface area contributed by atoms with Crippen molar-refractivity contribution in [2.75, 3.05) is 4.84 Å². The van der Waals surface area contributed by atoms with E-state index in [9.17, 15) is 0 Å². The molecule has 0 aliphatic carbocycles.